The van der Waals surface area contributed by atoms with Crippen LogP contribution in [0.4, 0.5) is 4.39 Å². The van der Waals surface area contributed by atoms with Gasteiger partial charge in [-0.05, 0) is 36.4 Å². The molecule has 24 heavy (non-hydrogen) atoms. The number of hydrogen-bond donors (Lipinski definition) is 0. The number of nitrogens with zero attached hydrogens (tertiary/aromatic N) is 3. The molecular weight excluding hydrogens is 349 g/mol. The second kappa shape index (κ2) is 6.58. The Kier molecular flexibility index (Phi) is 4.14. The van der Waals surface area contributed by atoms with Crippen molar-refractivity contribution in [1.82, 2.24) is 15.1 Å². The number of halogens is 1. The van der Waals surface area contributed by atoms with Crippen LogP contribution in [0.25, 0.3) is 22.8 Å². The van der Waals surface area contributed by atoms with Crippen molar-refractivity contribution in [3.63, 3.8) is 0 Å². The average molecular weight is 359 g/mol. The minimum absolute atomic E-state index is 0.257. The molecule has 0 spiro atoms. The lowest BCUT2D eigenvalue weighted by molar-refractivity contribution is 0.390. The van der Waals surface area contributed by atoms with Crippen LogP contribution in [0, 0.1) is 5.82 Å². The molecule has 0 atom stereocenters. The van der Waals surface area contributed by atoms with Crippen LogP contribution in [0.1, 0.15) is 5.89 Å². The summed E-state index contributed by atoms with van der Waals surface area (Å²) in [5.41, 5.74) is 1.71. The fraction of sp³-hybridized carbons (Fsp3) is 0.0625. The van der Waals surface area contributed by atoms with Crippen LogP contribution < -0.4 is 0 Å². The van der Waals surface area contributed by atoms with Crippen LogP contribution in [0.5, 0.6) is 0 Å². The highest BCUT2D eigenvalue weighted by Crippen LogP contribution is 2.30. The number of furan rings is 1. The highest BCUT2D eigenvalue weighted by molar-refractivity contribution is 8.00. The molecule has 4 rings (SSSR count). The van der Waals surface area contributed by atoms with E-state index < -0.39 is 0 Å². The summed E-state index contributed by atoms with van der Waals surface area (Å²) < 4.78 is 24.3. The Morgan fingerprint density at radius 3 is 2.79 bits per heavy atom. The molecule has 120 valence electrons. The maximum atomic E-state index is 13.0. The van der Waals surface area contributed by atoms with Crippen molar-refractivity contribution in [3.05, 3.63) is 59.7 Å². The third kappa shape index (κ3) is 3.24. The van der Waals surface area contributed by atoms with Gasteiger partial charge in [-0.15, -0.1) is 11.3 Å². The lowest BCUT2D eigenvalue weighted by Gasteiger charge is -1.95. The Morgan fingerprint density at radius 1 is 1.12 bits per heavy atom. The number of rotatable bonds is 5. The molecule has 1 aromatic carbocycles. The summed E-state index contributed by atoms with van der Waals surface area (Å²) in [6.07, 6.45) is 1.56. The van der Waals surface area contributed by atoms with Crippen molar-refractivity contribution in [2.45, 2.75) is 10.1 Å². The van der Waals surface area contributed by atoms with Gasteiger partial charge in [-0.25, -0.2) is 9.37 Å². The van der Waals surface area contributed by atoms with Gasteiger partial charge in [0.1, 0.15) is 5.82 Å². The number of thiazole rings is 1. The Morgan fingerprint density at radius 2 is 2.00 bits per heavy atom. The van der Waals surface area contributed by atoms with Crippen molar-refractivity contribution in [3.8, 4) is 22.8 Å². The highest BCUT2D eigenvalue weighted by Gasteiger charge is 2.12. The van der Waals surface area contributed by atoms with E-state index in [1.807, 2.05) is 5.38 Å². The number of benzene rings is 1. The van der Waals surface area contributed by atoms with E-state index in [0.717, 1.165) is 15.6 Å². The molecule has 4 aromatic rings. The normalized spacial score (nSPS) is 11.0. The van der Waals surface area contributed by atoms with Gasteiger partial charge in [0.15, 0.2) is 10.1 Å². The van der Waals surface area contributed by atoms with Crippen molar-refractivity contribution >= 4 is 23.1 Å². The molecule has 0 fully saturated rings. The van der Waals surface area contributed by atoms with Crippen LogP contribution in [-0.4, -0.2) is 15.1 Å². The standard InChI is InChI=1S/C16H10FN3O2S2/c17-11-5-3-10(4-6-11)12-8-23-16(18-12)24-9-14-19-15(20-22-14)13-2-1-7-21-13/h1-8H,9H2. The molecular formula is C16H10FN3O2S2. The first-order chi connectivity index (χ1) is 11.8. The third-order valence-corrected chi connectivity index (χ3v) is 5.16. The zero-order valence-electron chi connectivity index (χ0n) is 12.2. The molecule has 0 bridgehead atoms. The van der Waals surface area contributed by atoms with Crippen molar-refractivity contribution in [2.24, 2.45) is 0 Å². The minimum atomic E-state index is -0.257. The van der Waals surface area contributed by atoms with E-state index in [9.17, 15) is 4.39 Å². The third-order valence-electron chi connectivity index (χ3n) is 3.15. The van der Waals surface area contributed by atoms with Gasteiger partial charge in [0, 0.05) is 10.9 Å². The van der Waals surface area contributed by atoms with Gasteiger partial charge in [0.25, 0.3) is 0 Å². The molecule has 3 heterocycles. The second-order valence-corrected chi connectivity index (χ2v) is 6.86. The lowest BCUT2D eigenvalue weighted by Crippen LogP contribution is -1.82. The molecule has 0 aliphatic heterocycles. The molecule has 0 radical (unpaired) electrons. The van der Waals surface area contributed by atoms with Gasteiger partial charge in [-0.2, -0.15) is 4.98 Å². The van der Waals surface area contributed by atoms with Gasteiger partial charge in [-0.3, -0.25) is 0 Å². The van der Waals surface area contributed by atoms with E-state index in [4.69, 9.17) is 8.94 Å². The summed E-state index contributed by atoms with van der Waals surface area (Å²) >= 11 is 3.03. The molecule has 0 saturated heterocycles. The summed E-state index contributed by atoms with van der Waals surface area (Å²) in [6, 6.07) is 9.83. The molecule has 0 saturated carbocycles. The van der Waals surface area contributed by atoms with E-state index in [1.54, 1.807) is 30.5 Å². The predicted molar refractivity (Wildman–Crippen MR) is 89.1 cm³/mol. The quantitative estimate of drug-likeness (QED) is 0.473. The first kappa shape index (κ1) is 15.1. The van der Waals surface area contributed by atoms with Crippen LogP contribution in [-0.2, 0) is 5.75 Å². The summed E-state index contributed by atoms with van der Waals surface area (Å²) in [5, 5.41) is 5.83. The molecule has 8 heteroatoms. The van der Waals surface area contributed by atoms with Gasteiger partial charge in [-0.1, -0.05) is 16.9 Å². The van der Waals surface area contributed by atoms with Gasteiger partial charge >= 0.3 is 0 Å². The lowest BCUT2D eigenvalue weighted by atomic mass is 10.2. The molecule has 3 aromatic heterocycles. The largest absolute Gasteiger partial charge is 0.461 e. The Hall–Kier alpha value is -2.45. The van der Waals surface area contributed by atoms with Crippen molar-refractivity contribution in [2.75, 3.05) is 0 Å². The predicted octanol–water partition coefficient (Wildman–Crippen LogP) is 4.88. The van der Waals surface area contributed by atoms with E-state index in [2.05, 4.69) is 15.1 Å². The summed E-state index contributed by atoms with van der Waals surface area (Å²) in [4.78, 5) is 8.82. The molecule has 0 aliphatic rings. The maximum absolute atomic E-state index is 13.0. The number of aromatic nitrogens is 3. The van der Waals surface area contributed by atoms with Crippen LogP contribution in [0.15, 0.2) is 61.3 Å². The van der Waals surface area contributed by atoms with Gasteiger partial charge in [0.2, 0.25) is 11.7 Å². The number of hydrogen-bond acceptors (Lipinski definition) is 7. The van der Waals surface area contributed by atoms with Crippen LogP contribution >= 0.6 is 23.1 Å². The monoisotopic (exact) mass is 359 g/mol. The molecule has 0 N–H and O–H groups in total. The zero-order valence-corrected chi connectivity index (χ0v) is 13.8. The van der Waals surface area contributed by atoms with Gasteiger partial charge in [0.05, 0.1) is 17.7 Å². The minimum Gasteiger partial charge on any atom is -0.461 e. The van der Waals surface area contributed by atoms with Gasteiger partial charge < -0.3 is 8.94 Å². The summed E-state index contributed by atoms with van der Waals surface area (Å²) in [5.74, 6) is 1.77. The van der Waals surface area contributed by atoms with Crippen LogP contribution in [0.3, 0.4) is 0 Å². The Balaban J connectivity index is 1.42. The smallest absolute Gasteiger partial charge is 0.238 e. The van der Waals surface area contributed by atoms with E-state index in [1.165, 1.54) is 35.2 Å². The molecule has 0 aliphatic carbocycles. The first-order valence-corrected chi connectivity index (χ1v) is 8.85. The summed E-state index contributed by atoms with van der Waals surface area (Å²) in [7, 11) is 0. The van der Waals surface area contributed by atoms with Crippen molar-refractivity contribution in [1.29, 1.82) is 0 Å². The zero-order chi connectivity index (χ0) is 16.4. The first-order valence-electron chi connectivity index (χ1n) is 6.99. The van der Waals surface area contributed by atoms with Crippen LogP contribution in [0.2, 0.25) is 0 Å². The average Bonchev–Trinajstić information content (AvgIpc) is 3.34. The Bertz CT molecular complexity index is 933. The fourth-order valence-corrected chi connectivity index (χ4v) is 3.69. The molecule has 0 amide bonds. The maximum Gasteiger partial charge on any atom is 0.238 e. The topological polar surface area (TPSA) is 65.0 Å². The number of thioether (sulfide) groups is 1. The second-order valence-electron chi connectivity index (χ2n) is 4.78. The van der Waals surface area contributed by atoms with E-state index in [0.29, 0.717) is 23.2 Å². The summed E-state index contributed by atoms with van der Waals surface area (Å²) in [6.45, 7) is 0. The Labute approximate surface area is 144 Å². The molecule has 0 unspecified atom stereocenters. The fourth-order valence-electron chi connectivity index (χ4n) is 2.02. The van der Waals surface area contributed by atoms with Crippen molar-refractivity contribution < 1.29 is 13.3 Å². The molecule has 5 nitrogen and oxygen atoms in total. The highest BCUT2D eigenvalue weighted by atomic mass is 32.2. The SMILES string of the molecule is Fc1ccc(-c2csc(SCc3nc(-c4ccco4)no3)n2)cc1. The van der Waals surface area contributed by atoms with E-state index >= 15 is 0 Å². The van der Waals surface area contributed by atoms with E-state index in [-0.39, 0.29) is 5.82 Å².